The van der Waals surface area contributed by atoms with Crippen molar-refractivity contribution in [1.82, 2.24) is 4.90 Å². The van der Waals surface area contributed by atoms with Gasteiger partial charge in [-0.1, -0.05) is 42.5 Å². The van der Waals surface area contributed by atoms with Crippen molar-refractivity contribution < 1.29 is 19.4 Å². The Bertz CT molecular complexity index is 685. The molecule has 0 atom stereocenters. The van der Waals surface area contributed by atoms with Crippen molar-refractivity contribution in [2.45, 2.75) is 12.8 Å². The van der Waals surface area contributed by atoms with E-state index in [1.165, 1.54) is 4.90 Å². The number of nitrogens with zero attached hydrogens (tertiary/aromatic N) is 1. The van der Waals surface area contributed by atoms with Gasteiger partial charge in [0.25, 0.3) is 0 Å². The van der Waals surface area contributed by atoms with Crippen molar-refractivity contribution in [2.75, 3.05) is 20.2 Å². The molecule has 2 rings (SSSR count). The van der Waals surface area contributed by atoms with E-state index in [0.29, 0.717) is 18.7 Å². The molecule has 0 unspecified atom stereocenters. The summed E-state index contributed by atoms with van der Waals surface area (Å²) in [6.45, 7) is 0.0781. The zero-order valence-corrected chi connectivity index (χ0v) is 13.6. The molecule has 1 N–H and O–H groups in total. The van der Waals surface area contributed by atoms with Gasteiger partial charge in [-0.05, 0) is 29.7 Å². The summed E-state index contributed by atoms with van der Waals surface area (Å²) < 4.78 is 5.15. The predicted molar refractivity (Wildman–Crippen MR) is 91.1 cm³/mol. The highest BCUT2D eigenvalue weighted by Gasteiger charge is 2.17. The SMILES string of the molecule is COc1cccc(CC(=O)N(CCc2ccccc2)CC(=O)O)c1. The number of carbonyl (C=O) groups is 2. The van der Waals surface area contributed by atoms with Gasteiger partial charge in [0.15, 0.2) is 0 Å². The van der Waals surface area contributed by atoms with E-state index in [1.807, 2.05) is 42.5 Å². The smallest absolute Gasteiger partial charge is 0.323 e. The molecule has 5 nitrogen and oxygen atoms in total. The van der Waals surface area contributed by atoms with Crippen LogP contribution in [0.25, 0.3) is 0 Å². The lowest BCUT2D eigenvalue weighted by Gasteiger charge is -2.21. The molecule has 0 saturated carbocycles. The maximum atomic E-state index is 12.5. The fourth-order valence-electron chi connectivity index (χ4n) is 2.43. The second-order valence-corrected chi connectivity index (χ2v) is 5.47. The predicted octanol–water partition coefficient (Wildman–Crippen LogP) is 2.39. The molecule has 0 heterocycles. The van der Waals surface area contributed by atoms with E-state index in [9.17, 15) is 9.59 Å². The van der Waals surface area contributed by atoms with Crippen LogP contribution in [0.5, 0.6) is 5.75 Å². The van der Waals surface area contributed by atoms with Crippen LogP contribution in [0.2, 0.25) is 0 Å². The number of aliphatic carboxylic acids is 1. The molecule has 1 amide bonds. The van der Waals surface area contributed by atoms with Gasteiger partial charge in [-0.3, -0.25) is 9.59 Å². The quantitative estimate of drug-likeness (QED) is 0.808. The van der Waals surface area contributed by atoms with Crippen LogP contribution in [0, 0.1) is 0 Å². The Labute approximate surface area is 141 Å². The Hall–Kier alpha value is -2.82. The molecule has 0 spiro atoms. The molecule has 126 valence electrons. The van der Waals surface area contributed by atoms with E-state index < -0.39 is 5.97 Å². The molecular weight excluding hydrogens is 306 g/mol. The first-order chi connectivity index (χ1) is 11.6. The molecule has 0 aromatic heterocycles. The third kappa shape index (κ3) is 5.43. The number of amides is 1. The average molecular weight is 327 g/mol. The fourth-order valence-corrected chi connectivity index (χ4v) is 2.43. The minimum absolute atomic E-state index is 0.152. The maximum absolute atomic E-state index is 12.5. The standard InChI is InChI=1S/C19H21NO4/c1-24-17-9-5-8-16(12-17)13-18(21)20(14-19(22)23)11-10-15-6-3-2-4-7-15/h2-9,12H,10-11,13-14H2,1H3,(H,22,23). The number of benzene rings is 2. The highest BCUT2D eigenvalue weighted by atomic mass is 16.5. The summed E-state index contributed by atoms with van der Waals surface area (Å²) in [6.07, 6.45) is 0.775. The van der Waals surface area contributed by atoms with Crippen LogP contribution in [0.3, 0.4) is 0 Å². The Kier molecular flexibility index (Phi) is 6.37. The molecule has 5 heteroatoms. The van der Waals surface area contributed by atoms with Crippen molar-refractivity contribution in [3.8, 4) is 5.75 Å². The molecule has 0 bridgehead atoms. The fraction of sp³-hybridized carbons (Fsp3) is 0.263. The first-order valence-corrected chi connectivity index (χ1v) is 7.75. The molecule has 0 aliphatic heterocycles. The lowest BCUT2D eigenvalue weighted by molar-refractivity contribution is -0.144. The number of hydrogen-bond donors (Lipinski definition) is 1. The van der Waals surface area contributed by atoms with E-state index in [-0.39, 0.29) is 18.9 Å². The lowest BCUT2D eigenvalue weighted by Crippen LogP contribution is -2.38. The molecule has 0 saturated heterocycles. The van der Waals surface area contributed by atoms with Crippen LogP contribution in [-0.2, 0) is 22.4 Å². The highest BCUT2D eigenvalue weighted by Crippen LogP contribution is 2.14. The minimum Gasteiger partial charge on any atom is -0.497 e. The Morgan fingerprint density at radius 1 is 1.04 bits per heavy atom. The Morgan fingerprint density at radius 3 is 2.42 bits per heavy atom. The largest absolute Gasteiger partial charge is 0.497 e. The Morgan fingerprint density at radius 2 is 1.75 bits per heavy atom. The Balaban J connectivity index is 2.02. The molecule has 2 aromatic carbocycles. The molecule has 0 fully saturated rings. The second-order valence-electron chi connectivity index (χ2n) is 5.47. The van der Waals surface area contributed by atoms with Gasteiger partial charge in [0.1, 0.15) is 12.3 Å². The van der Waals surface area contributed by atoms with Crippen LogP contribution >= 0.6 is 0 Å². The van der Waals surface area contributed by atoms with Gasteiger partial charge in [-0.25, -0.2) is 0 Å². The van der Waals surface area contributed by atoms with Crippen molar-refractivity contribution in [3.63, 3.8) is 0 Å². The third-order valence-corrected chi connectivity index (χ3v) is 3.68. The van der Waals surface area contributed by atoms with Crippen molar-refractivity contribution in [1.29, 1.82) is 0 Å². The first kappa shape index (κ1) is 17.5. The third-order valence-electron chi connectivity index (χ3n) is 3.68. The normalized spacial score (nSPS) is 10.2. The van der Waals surface area contributed by atoms with E-state index in [1.54, 1.807) is 19.2 Å². The van der Waals surface area contributed by atoms with Gasteiger partial charge < -0.3 is 14.7 Å². The van der Waals surface area contributed by atoms with Gasteiger partial charge in [-0.15, -0.1) is 0 Å². The van der Waals surface area contributed by atoms with Crippen LogP contribution in [0.4, 0.5) is 0 Å². The van der Waals surface area contributed by atoms with Crippen LogP contribution in [0.1, 0.15) is 11.1 Å². The van der Waals surface area contributed by atoms with Crippen LogP contribution in [0.15, 0.2) is 54.6 Å². The number of carboxylic acids is 1. The summed E-state index contributed by atoms with van der Waals surface area (Å²) in [6, 6.07) is 16.9. The number of rotatable bonds is 8. The zero-order chi connectivity index (χ0) is 17.4. The summed E-state index contributed by atoms with van der Waals surface area (Å²) in [5, 5.41) is 9.06. The van der Waals surface area contributed by atoms with Crippen molar-refractivity contribution in [3.05, 3.63) is 65.7 Å². The summed E-state index contributed by atoms with van der Waals surface area (Å²) in [7, 11) is 1.57. The molecule has 24 heavy (non-hydrogen) atoms. The summed E-state index contributed by atoms with van der Waals surface area (Å²) >= 11 is 0. The van der Waals surface area contributed by atoms with Gasteiger partial charge in [0.05, 0.1) is 13.5 Å². The van der Waals surface area contributed by atoms with Gasteiger partial charge >= 0.3 is 5.97 Å². The number of carboxylic acid groups (broad SMARTS) is 1. The van der Waals surface area contributed by atoms with Crippen molar-refractivity contribution >= 4 is 11.9 Å². The molecule has 0 aliphatic rings. The zero-order valence-electron chi connectivity index (χ0n) is 13.6. The van der Waals surface area contributed by atoms with Gasteiger partial charge in [0.2, 0.25) is 5.91 Å². The number of carbonyl (C=O) groups excluding carboxylic acids is 1. The lowest BCUT2D eigenvalue weighted by atomic mass is 10.1. The second kappa shape index (κ2) is 8.72. The van der Waals surface area contributed by atoms with E-state index in [0.717, 1.165) is 11.1 Å². The van der Waals surface area contributed by atoms with E-state index >= 15 is 0 Å². The van der Waals surface area contributed by atoms with Gasteiger partial charge in [0, 0.05) is 6.54 Å². The molecule has 0 radical (unpaired) electrons. The summed E-state index contributed by atoms with van der Waals surface area (Å²) in [5.74, 6) is -0.544. The minimum atomic E-state index is -1.01. The van der Waals surface area contributed by atoms with Crippen molar-refractivity contribution in [2.24, 2.45) is 0 Å². The van der Waals surface area contributed by atoms with E-state index in [2.05, 4.69) is 0 Å². The molecule has 2 aromatic rings. The number of methoxy groups -OCH3 is 1. The first-order valence-electron chi connectivity index (χ1n) is 7.75. The molecule has 0 aliphatic carbocycles. The average Bonchev–Trinajstić information content (AvgIpc) is 2.59. The van der Waals surface area contributed by atoms with Crippen LogP contribution < -0.4 is 4.74 Å². The number of ether oxygens (including phenoxy) is 1. The monoisotopic (exact) mass is 327 g/mol. The number of hydrogen-bond acceptors (Lipinski definition) is 3. The van der Waals surface area contributed by atoms with E-state index in [4.69, 9.17) is 9.84 Å². The van der Waals surface area contributed by atoms with Crippen LogP contribution in [-0.4, -0.2) is 42.1 Å². The maximum Gasteiger partial charge on any atom is 0.323 e. The molecular formula is C19H21NO4. The van der Waals surface area contributed by atoms with Gasteiger partial charge in [-0.2, -0.15) is 0 Å². The summed E-state index contributed by atoms with van der Waals surface area (Å²) in [4.78, 5) is 24.9. The highest BCUT2D eigenvalue weighted by molar-refractivity contribution is 5.83. The summed E-state index contributed by atoms with van der Waals surface area (Å²) in [5.41, 5.74) is 1.87. The topological polar surface area (TPSA) is 66.8 Å².